The Kier molecular flexibility index (Phi) is 2.08. The second kappa shape index (κ2) is 3.15. The number of hydrogen-bond donors (Lipinski definition) is 0. The maximum Gasteiger partial charge on any atom is 0.173 e. The lowest BCUT2D eigenvalue weighted by molar-refractivity contribution is 0.408. The highest BCUT2D eigenvalue weighted by Crippen LogP contribution is 2.52. The van der Waals surface area contributed by atoms with Gasteiger partial charge in [0, 0.05) is 5.92 Å². The van der Waals surface area contributed by atoms with E-state index < -0.39 is 0 Å². The highest BCUT2D eigenvalue weighted by molar-refractivity contribution is 14.1. The van der Waals surface area contributed by atoms with Crippen molar-refractivity contribution in [3.05, 3.63) is 8.84 Å². The van der Waals surface area contributed by atoms with Gasteiger partial charge in [0.15, 0.2) is 3.01 Å². The average molecular weight is 306 g/mol. The minimum absolute atomic E-state index is 0.707. The molecule has 0 saturated heterocycles. The van der Waals surface area contributed by atoms with Gasteiger partial charge in [-0.2, -0.15) is 4.37 Å². The van der Waals surface area contributed by atoms with Crippen LogP contribution in [0.3, 0.4) is 0 Å². The van der Waals surface area contributed by atoms with Crippen LogP contribution >= 0.6 is 34.1 Å². The first kappa shape index (κ1) is 8.59. The summed E-state index contributed by atoms with van der Waals surface area (Å²) in [6.45, 7) is 0. The van der Waals surface area contributed by atoms with Crippen LogP contribution in [0.1, 0.15) is 37.4 Å². The van der Waals surface area contributed by atoms with E-state index in [2.05, 4.69) is 31.9 Å². The molecule has 3 atom stereocenters. The molecule has 4 heteroatoms. The summed E-state index contributed by atoms with van der Waals surface area (Å²) in [5.41, 5.74) is 0. The average Bonchev–Trinajstić information content (AvgIpc) is 2.77. The van der Waals surface area contributed by atoms with Crippen LogP contribution in [0, 0.1) is 14.9 Å². The van der Waals surface area contributed by atoms with Gasteiger partial charge < -0.3 is 0 Å². The zero-order chi connectivity index (χ0) is 8.84. The molecule has 13 heavy (non-hydrogen) atoms. The van der Waals surface area contributed by atoms with E-state index in [0.717, 1.165) is 20.7 Å². The zero-order valence-corrected chi connectivity index (χ0v) is 10.2. The van der Waals surface area contributed by atoms with E-state index in [4.69, 9.17) is 0 Å². The molecule has 2 saturated carbocycles. The Morgan fingerprint density at radius 2 is 2.23 bits per heavy atom. The molecule has 0 spiro atoms. The summed E-state index contributed by atoms with van der Waals surface area (Å²) in [5, 5.41) is 0. The van der Waals surface area contributed by atoms with Crippen molar-refractivity contribution < 1.29 is 0 Å². The standard InChI is InChI=1S/C9H11IN2S/c10-9-11-8(12-13-9)7-4-5-1-2-6(7)3-5/h5-7H,1-4H2. The Labute approximate surface area is 95.5 Å². The lowest BCUT2D eigenvalue weighted by atomic mass is 9.88. The van der Waals surface area contributed by atoms with Gasteiger partial charge >= 0.3 is 0 Å². The Morgan fingerprint density at radius 1 is 1.31 bits per heavy atom. The second-order valence-electron chi connectivity index (χ2n) is 4.19. The summed E-state index contributed by atoms with van der Waals surface area (Å²) in [4.78, 5) is 4.51. The van der Waals surface area contributed by atoms with Gasteiger partial charge in [0.05, 0.1) is 0 Å². The fourth-order valence-corrected chi connectivity index (χ4v) is 3.95. The van der Waals surface area contributed by atoms with Gasteiger partial charge in [-0.3, -0.25) is 0 Å². The summed E-state index contributed by atoms with van der Waals surface area (Å²) in [7, 11) is 0. The molecule has 70 valence electrons. The van der Waals surface area contributed by atoms with Crippen molar-refractivity contribution in [1.29, 1.82) is 0 Å². The molecule has 1 heterocycles. The highest BCUT2D eigenvalue weighted by Gasteiger charge is 2.41. The van der Waals surface area contributed by atoms with E-state index in [1.807, 2.05) is 0 Å². The molecule has 0 amide bonds. The van der Waals surface area contributed by atoms with Crippen LogP contribution in [-0.4, -0.2) is 9.36 Å². The van der Waals surface area contributed by atoms with Gasteiger partial charge in [-0.1, -0.05) is 6.42 Å². The van der Waals surface area contributed by atoms with Gasteiger partial charge in [0.1, 0.15) is 5.82 Å². The van der Waals surface area contributed by atoms with Gasteiger partial charge in [-0.05, 0) is 65.2 Å². The molecule has 0 aliphatic heterocycles. The molecule has 2 aliphatic carbocycles. The number of aromatic nitrogens is 2. The molecule has 3 unspecified atom stereocenters. The molecule has 1 aromatic rings. The zero-order valence-electron chi connectivity index (χ0n) is 7.24. The molecule has 2 nitrogen and oxygen atoms in total. The van der Waals surface area contributed by atoms with Gasteiger partial charge in [-0.25, -0.2) is 4.98 Å². The predicted molar refractivity (Wildman–Crippen MR) is 60.8 cm³/mol. The molecule has 0 aromatic carbocycles. The van der Waals surface area contributed by atoms with Gasteiger partial charge in [0.2, 0.25) is 0 Å². The molecular formula is C9H11IN2S. The number of nitrogens with zero attached hydrogens (tertiary/aromatic N) is 2. The summed E-state index contributed by atoms with van der Waals surface area (Å²) in [6, 6.07) is 0. The molecule has 2 fully saturated rings. The minimum atomic E-state index is 0.707. The van der Waals surface area contributed by atoms with E-state index in [-0.39, 0.29) is 0 Å². The number of fused-ring (bicyclic) bond motifs is 2. The molecule has 1 aromatic heterocycles. The maximum atomic E-state index is 4.51. The third-order valence-corrected chi connectivity index (χ3v) is 4.84. The number of rotatable bonds is 1. The van der Waals surface area contributed by atoms with Crippen LogP contribution in [-0.2, 0) is 0 Å². The molecule has 2 aliphatic rings. The van der Waals surface area contributed by atoms with Crippen LogP contribution in [0.5, 0.6) is 0 Å². The Balaban J connectivity index is 1.87. The summed E-state index contributed by atoms with van der Waals surface area (Å²) < 4.78 is 5.53. The molecular weight excluding hydrogens is 295 g/mol. The number of halogens is 1. The first-order valence-corrected chi connectivity index (χ1v) is 6.67. The van der Waals surface area contributed by atoms with Gasteiger partial charge in [0.25, 0.3) is 0 Å². The van der Waals surface area contributed by atoms with Crippen molar-refractivity contribution in [1.82, 2.24) is 9.36 Å². The van der Waals surface area contributed by atoms with Crippen LogP contribution in [0.15, 0.2) is 0 Å². The predicted octanol–water partition coefficient (Wildman–Crippen LogP) is 3.05. The van der Waals surface area contributed by atoms with Crippen molar-refractivity contribution >= 4 is 34.1 Å². The lowest BCUT2D eigenvalue weighted by Gasteiger charge is -2.17. The third-order valence-electron chi connectivity index (χ3n) is 3.49. The largest absolute Gasteiger partial charge is 0.213 e. The summed E-state index contributed by atoms with van der Waals surface area (Å²) >= 11 is 3.81. The first-order chi connectivity index (χ1) is 6.33. The van der Waals surface area contributed by atoms with Crippen molar-refractivity contribution in [3.63, 3.8) is 0 Å². The monoisotopic (exact) mass is 306 g/mol. The third kappa shape index (κ3) is 1.42. The highest BCUT2D eigenvalue weighted by atomic mass is 127. The smallest absolute Gasteiger partial charge is 0.173 e. The normalized spacial score (nSPS) is 37.2. The quantitative estimate of drug-likeness (QED) is 0.745. The van der Waals surface area contributed by atoms with E-state index in [1.54, 1.807) is 11.5 Å². The lowest BCUT2D eigenvalue weighted by Crippen LogP contribution is -2.09. The van der Waals surface area contributed by atoms with Crippen LogP contribution in [0.2, 0.25) is 0 Å². The van der Waals surface area contributed by atoms with Crippen LogP contribution in [0.4, 0.5) is 0 Å². The Morgan fingerprint density at radius 3 is 2.77 bits per heavy atom. The number of hydrogen-bond acceptors (Lipinski definition) is 3. The second-order valence-corrected chi connectivity index (χ2v) is 6.69. The fraction of sp³-hybridized carbons (Fsp3) is 0.778. The fourth-order valence-electron chi connectivity index (χ4n) is 2.93. The van der Waals surface area contributed by atoms with Crippen LogP contribution < -0.4 is 0 Å². The first-order valence-electron chi connectivity index (χ1n) is 4.82. The molecule has 0 radical (unpaired) electrons. The van der Waals surface area contributed by atoms with Crippen molar-refractivity contribution in [2.45, 2.75) is 31.6 Å². The Hall–Kier alpha value is 0.290. The SMILES string of the molecule is Ic1nc(C2CC3CCC2C3)ns1. The maximum absolute atomic E-state index is 4.51. The summed E-state index contributed by atoms with van der Waals surface area (Å²) in [6.07, 6.45) is 5.69. The van der Waals surface area contributed by atoms with Crippen molar-refractivity contribution in [2.75, 3.05) is 0 Å². The van der Waals surface area contributed by atoms with E-state index >= 15 is 0 Å². The molecule has 3 rings (SSSR count). The van der Waals surface area contributed by atoms with Crippen molar-refractivity contribution in [2.24, 2.45) is 11.8 Å². The van der Waals surface area contributed by atoms with E-state index in [0.29, 0.717) is 5.92 Å². The van der Waals surface area contributed by atoms with Crippen molar-refractivity contribution in [3.8, 4) is 0 Å². The topological polar surface area (TPSA) is 25.8 Å². The Bertz CT molecular complexity index is 325. The molecule has 2 bridgehead atoms. The minimum Gasteiger partial charge on any atom is -0.213 e. The molecule has 0 N–H and O–H groups in total. The van der Waals surface area contributed by atoms with Crippen LogP contribution in [0.25, 0.3) is 0 Å². The van der Waals surface area contributed by atoms with E-state index in [1.165, 1.54) is 25.7 Å². The van der Waals surface area contributed by atoms with Gasteiger partial charge in [-0.15, -0.1) is 0 Å². The summed E-state index contributed by atoms with van der Waals surface area (Å²) in [5.74, 6) is 3.76. The van der Waals surface area contributed by atoms with E-state index in [9.17, 15) is 0 Å².